The zero-order valence-corrected chi connectivity index (χ0v) is 17.5. The zero-order chi connectivity index (χ0) is 19.8. The summed E-state index contributed by atoms with van der Waals surface area (Å²) in [4.78, 5) is 24.0. The maximum atomic E-state index is 12.8. The molecular weight excluding hydrogens is 382 g/mol. The van der Waals surface area contributed by atoms with Crippen LogP contribution in [0.2, 0.25) is 0 Å². The third kappa shape index (κ3) is 3.60. The highest BCUT2D eigenvalue weighted by Crippen LogP contribution is 2.29. The summed E-state index contributed by atoms with van der Waals surface area (Å²) in [6.07, 6.45) is 2.76. The molecule has 2 aliphatic heterocycles. The van der Waals surface area contributed by atoms with E-state index in [4.69, 9.17) is 4.37 Å². The number of carbonyl (C=O) groups excluding carboxylic acids is 1. The SMILES string of the molecule is Cc1cc2c(cn1)CCN(CCN1CCN(c3nsc4ccccc34)CC1)C2=O. The molecule has 1 amide bonds. The van der Waals surface area contributed by atoms with Gasteiger partial charge >= 0.3 is 0 Å². The maximum absolute atomic E-state index is 12.8. The molecule has 0 spiro atoms. The molecule has 6 nitrogen and oxygen atoms in total. The second-order valence-corrected chi connectivity index (χ2v) is 8.66. The lowest BCUT2D eigenvalue weighted by Gasteiger charge is -2.36. The van der Waals surface area contributed by atoms with Crippen molar-refractivity contribution in [3.8, 4) is 0 Å². The highest BCUT2D eigenvalue weighted by molar-refractivity contribution is 7.13. The Bertz CT molecular complexity index is 1040. The molecule has 0 bridgehead atoms. The van der Waals surface area contributed by atoms with Crippen LogP contribution >= 0.6 is 11.5 Å². The van der Waals surface area contributed by atoms with Crippen molar-refractivity contribution in [2.45, 2.75) is 13.3 Å². The Kier molecular flexibility index (Phi) is 4.93. The van der Waals surface area contributed by atoms with Gasteiger partial charge in [-0.1, -0.05) is 12.1 Å². The fourth-order valence-electron chi connectivity index (χ4n) is 4.27. The summed E-state index contributed by atoms with van der Waals surface area (Å²) in [6, 6.07) is 10.4. The van der Waals surface area contributed by atoms with E-state index in [0.717, 1.165) is 74.9 Å². The van der Waals surface area contributed by atoms with Crippen molar-refractivity contribution in [1.29, 1.82) is 0 Å². The average molecular weight is 408 g/mol. The van der Waals surface area contributed by atoms with E-state index in [1.165, 1.54) is 10.1 Å². The van der Waals surface area contributed by atoms with Gasteiger partial charge in [-0.3, -0.25) is 14.7 Å². The normalized spacial score (nSPS) is 17.8. The minimum absolute atomic E-state index is 0.157. The molecular formula is C22H25N5OS. The van der Waals surface area contributed by atoms with E-state index in [2.05, 4.69) is 39.0 Å². The Labute approximate surface area is 174 Å². The third-order valence-electron chi connectivity index (χ3n) is 6.01. The van der Waals surface area contributed by atoms with E-state index in [9.17, 15) is 4.79 Å². The van der Waals surface area contributed by atoms with Gasteiger partial charge < -0.3 is 9.80 Å². The molecule has 3 aromatic rings. The Morgan fingerprint density at radius 1 is 1.07 bits per heavy atom. The van der Waals surface area contributed by atoms with Crippen molar-refractivity contribution in [1.82, 2.24) is 19.2 Å². The highest BCUT2D eigenvalue weighted by Gasteiger charge is 2.26. The summed E-state index contributed by atoms with van der Waals surface area (Å²) in [5, 5.41) is 1.26. The van der Waals surface area contributed by atoms with Gasteiger partial charge in [0.2, 0.25) is 0 Å². The predicted molar refractivity (Wildman–Crippen MR) is 117 cm³/mol. The number of aryl methyl sites for hydroxylation is 1. The smallest absolute Gasteiger partial charge is 0.254 e. The van der Waals surface area contributed by atoms with Crippen LogP contribution in [0.25, 0.3) is 10.1 Å². The molecule has 7 heteroatoms. The first kappa shape index (κ1) is 18.5. The second kappa shape index (κ2) is 7.72. The van der Waals surface area contributed by atoms with Gasteiger partial charge in [0.05, 0.1) is 4.70 Å². The van der Waals surface area contributed by atoms with Gasteiger partial charge in [0.15, 0.2) is 0 Å². The number of aromatic nitrogens is 2. The van der Waals surface area contributed by atoms with Crippen LogP contribution in [-0.4, -0.2) is 70.9 Å². The topological polar surface area (TPSA) is 52.6 Å². The summed E-state index contributed by atoms with van der Waals surface area (Å²) in [7, 11) is 0. The maximum Gasteiger partial charge on any atom is 0.254 e. The Morgan fingerprint density at radius 2 is 1.90 bits per heavy atom. The molecule has 5 rings (SSSR count). The molecule has 29 heavy (non-hydrogen) atoms. The molecule has 2 aliphatic rings. The van der Waals surface area contributed by atoms with Crippen molar-refractivity contribution >= 4 is 33.3 Å². The standard InChI is InChI=1S/C22H25N5OS/c1-16-14-19-17(15-23-16)6-7-27(22(19)28)13-10-25-8-11-26(12-9-25)21-18-4-2-3-5-20(18)29-24-21/h2-5,14-15H,6-13H2,1H3. The number of carbonyl (C=O) groups is 1. The first-order valence-electron chi connectivity index (χ1n) is 10.3. The molecule has 0 atom stereocenters. The zero-order valence-electron chi connectivity index (χ0n) is 16.7. The third-order valence-corrected chi connectivity index (χ3v) is 6.83. The van der Waals surface area contributed by atoms with Crippen molar-refractivity contribution in [2.24, 2.45) is 0 Å². The Morgan fingerprint density at radius 3 is 2.76 bits per heavy atom. The van der Waals surface area contributed by atoms with Gasteiger partial charge in [0, 0.05) is 68.7 Å². The lowest BCUT2D eigenvalue weighted by Crippen LogP contribution is -2.50. The van der Waals surface area contributed by atoms with Gasteiger partial charge in [0.25, 0.3) is 5.91 Å². The minimum Gasteiger partial charge on any atom is -0.353 e. The van der Waals surface area contributed by atoms with Crippen LogP contribution in [0.5, 0.6) is 0 Å². The van der Waals surface area contributed by atoms with Gasteiger partial charge in [-0.25, -0.2) is 0 Å². The number of hydrogen-bond donors (Lipinski definition) is 0. The van der Waals surface area contributed by atoms with Crippen LogP contribution in [0, 0.1) is 6.92 Å². The van der Waals surface area contributed by atoms with E-state index in [1.54, 1.807) is 11.5 Å². The quantitative estimate of drug-likeness (QED) is 0.666. The molecule has 150 valence electrons. The number of rotatable bonds is 4. The number of nitrogens with zero attached hydrogens (tertiary/aromatic N) is 5. The van der Waals surface area contributed by atoms with Crippen LogP contribution in [0.15, 0.2) is 36.5 Å². The molecule has 0 aliphatic carbocycles. The molecule has 0 saturated carbocycles. The average Bonchev–Trinajstić information content (AvgIpc) is 3.18. The van der Waals surface area contributed by atoms with Gasteiger partial charge in [-0.05, 0) is 48.6 Å². The summed E-state index contributed by atoms with van der Waals surface area (Å²) in [5.74, 6) is 1.28. The lowest BCUT2D eigenvalue weighted by atomic mass is 10.0. The number of fused-ring (bicyclic) bond motifs is 2. The summed E-state index contributed by atoms with van der Waals surface area (Å²) in [6.45, 7) is 8.43. The van der Waals surface area contributed by atoms with E-state index in [-0.39, 0.29) is 5.91 Å². The Hall–Kier alpha value is -2.51. The van der Waals surface area contributed by atoms with Crippen molar-refractivity contribution in [2.75, 3.05) is 50.7 Å². The lowest BCUT2D eigenvalue weighted by molar-refractivity contribution is 0.0716. The van der Waals surface area contributed by atoms with Gasteiger partial charge in [0.1, 0.15) is 5.82 Å². The molecule has 4 heterocycles. The second-order valence-electron chi connectivity index (χ2n) is 7.86. The van der Waals surface area contributed by atoms with Crippen LogP contribution in [0.1, 0.15) is 21.6 Å². The molecule has 0 radical (unpaired) electrons. The molecule has 0 unspecified atom stereocenters. The first-order chi connectivity index (χ1) is 14.2. The van der Waals surface area contributed by atoms with E-state index in [1.807, 2.05) is 24.1 Å². The molecule has 0 N–H and O–H groups in total. The number of anilines is 1. The molecule has 2 aromatic heterocycles. The largest absolute Gasteiger partial charge is 0.353 e. The summed E-state index contributed by atoms with van der Waals surface area (Å²) >= 11 is 1.58. The minimum atomic E-state index is 0.157. The first-order valence-corrected chi connectivity index (χ1v) is 11.0. The number of amides is 1. The van der Waals surface area contributed by atoms with Crippen LogP contribution in [0.4, 0.5) is 5.82 Å². The molecule has 1 fully saturated rings. The summed E-state index contributed by atoms with van der Waals surface area (Å²) < 4.78 is 5.94. The van der Waals surface area contributed by atoms with E-state index in [0.29, 0.717) is 0 Å². The number of benzene rings is 1. The fourth-order valence-corrected chi connectivity index (χ4v) is 5.07. The van der Waals surface area contributed by atoms with Gasteiger partial charge in [-0.15, -0.1) is 0 Å². The number of piperazine rings is 1. The monoisotopic (exact) mass is 407 g/mol. The fraction of sp³-hybridized carbons (Fsp3) is 0.409. The van der Waals surface area contributed by atoms with Crippen molar-refractivity contribution < 1.29 is 4.79 Å². The van der Waals surface area contributed by atoms with Gasteiger partial charge in [-0.2, -0.15) is 4.37 Å². The summed E-state index contributed by atoms with van der Waals surface area (Å²) in [5.41, 5.74) is 2.83. The van der Waals surface area contributed by atoms with Crippen molar-refractivity contribution in [3.63, 3.8) is 0 Å². The van der Waals surface area contributed by atoms with Crippen LogP contribution < -0.4 is 4.90 Å². The van der Waals surface area contributed by atoms with Crippen LogP contribution in [0.3, 0.4) is 0 Å². The number of hydrogen-bond acceptors (Lipinski definition) is 6. The van der Waals surface area contributed by atoms with E-state index < -0.39 is 0 Å². The molecule has 1 saturated heterocycles. The highest BCUT2D eigenvalue weighted by atomic mass is 32.1. The molecule has 1 aromatic carbocycles. The van der Waals surface area contributed by atoms with Crippen LogP contribution in [-0.2, 0) is 6.42 Å². The number of pyridine rings is 1. The van der Waals surface area contributed by atoms with E-state index >= 15 is 0 Å². The Balaban J connectivity index is 1.17. The van der Waals surface area contributed by atoms with Crippen molar-refractivity contribution in [3.05, 3.63) is 53.3 Å². The predicted octanol–water partition coefficient (Wildman–Crippen LogP) is 2.82.